The molecule has 0 aliphatic carbocycles. The van der Waals surface area contributed by atoms with Crippen molar-refractivity contribution >= 4 is 22.8 Å². The SMILES string of the molecule is CN1CCC(=C2c3cc(CCC(=O)NN4CCCCC4)ccc3OCc3ccsc32)CC1. The zero-order valence-corrected chi connectivity index (χ0v) is 19.8. The van der Waals surface area contributed by atoms with E-state index >= 15 is 0 Å². The summed E-state index contributed by atoms with van der Waals surface area (Å²) in [6.07, 6.45) is 7.07. The minimum absolute atomic E-state index is 0.118. The number of rotatable bonds is 4. The standard InChI is InChI=1S/C26H33N3O2S/c1-28-14-9-20(10-15-28)25-22-17-19(6-8-24(30)27-29-12-3-2-4-13-29)5-7-23(22)31-18-21-11-16-32-26(21)25/h5,7,11,16-17H,2-4,6,8-10,12-15,18H2,1H3,(H,27,30). The van der Waals surface area contributed by atoms with Gasteiger partial charge in [-0.15, -0.1) is 11.3 Å². The average molecular weight is 452 g/mol. The Hall–Kier alpha value is -2.15. The fourth-order valence-electron chi connectivity index (χ4n) is 4.99. The van der Waals surface area contributed by atoms with Gasteiger partial charge in [0.1, 0.15) is 12.4 Å². The molecule has 1 N–H and O–H groups in total. The molecule has 0 bridgehead atoms. The van der Waals surface area contributed by atoms with E-state index in [1.54, 1.807) is 5.57 Å². The highest BCUT2D eigenvalue weighted by Gasteiger charge is 2.25. The molecule has 4 heterocycles. The lowest BCUT2D eigenvalue weighted by Crippen LogP contribution is -2.45. The molecule has 3 aliphatic rings. The van der Waals surface area contributed by atoms with Crippen LogP contribution in [0.3, 0.4) is 0 Å². The first-order valence-electron chi connectivity index (χ1n) is 12.0. The number of aryl methyl sites for hydroxylation is 1. The van der Waals surface area contributed by atoms with E-state index in [-0.39, 0.29) is 5.91 Å². The highest BCUT2D eigenvalue weighted by Crippen LogP contribution is 2.43. The summed E-state index contributed by atoms with van der Waals surface area (Å²) in [6, 6.07) is 8.72. The molecule has 0 radical (unpaired) electrons. The Morgan fingerprint density at radius 3 is 2.72 bits per heavy atom. The molecule has 2 fully saturated rings. The monoisotopic (exact) mass is 451 g/mol. The molecule has 1 aromatic heterocycles. The fraction of sp³-hybridized carbons (Fsp3) is 0.500. The summed E-state index contributed by atoms with van der Waals surface area (Å²) >= 11 is 1.83. The second-order valence-electron chi connectivity index (χ2n) is 9.26. The second kappa shape index (κ2) is 9.77. The average Bonchev–Trinajstić information content (AvgIpc) is 3.21. The molecule has 0 saturated carbocycles. The Kier molecular flexibility index (Phi) is 6.62. The lowest BCUT2D eigenvalue weighted by Gasteiger charge is -2.27. The number of benzene rings is 1. The lowest BCUT2D eigenvalue weighted by molar-refractivity contribution is -0.126. The van der Waals surface area contributed by atoms with Crippen LogP contribution in [0, 0.1) is 0 Å². The Balaban J connectivity index is 1.38. The fourth-order valence-corrected chi connectivity index (χ4v) is 6.00. The molecule has 1 aromatic carbocycles. The summed E-state index contributed by atoms with van der Waals surface area (Å²) in [7, 11) is 2.20. The van der Waals surface area contributed by atoms with Crippen LogP contribution >= 0.6 is 11.3 Å². The number of piperidine rings is 2. The van der Waals surface area contributed by atoms with Crippen LogP contribution in [-0.2, 0) is 17.8 Å². The van der Waals surface area contributed by atoms with Crippen LogP contribution in [0.25, 0.3) is 5.57 Å². The molecule has 5 rings (SSSR count). The van der Waals surface area contributed by atoms with Crippen molar-refractivity contribution < 1.29 is 9.53 Å². The summed E-state index contributed by atoms with van der Waals surface area (Å²) in [6.45, 7) is 4.77. The van der Waals surface area contributed by atoms with Crippen molar-refractivity contribution in [3.05, 3.63) is 56.8 Å². The number of hydrogen-bond acceptors (Lipinski definition) is 5. The molecule has 170 valence electrons. The van der Waals surface area contributed by atoms with Crippen molar-refractivity contribution in [2.24, 2.45) is 0 Å². The number of nitrogens with zero attached hydrogens (tertiary/aromatic N) is 2. The number of likely N-dealkylation sites (tertiary alicyclic amines) is 1. The van der Waals surface area contributed by atoms with Gasteiger partial charge in [0, 0.05) is 54.2 Å². The third-order valence-electron chi connectivity index (χ3n) is 6.89. The molecular weight excluding hydrogens is 418 g/mol. The molecule has 32 heavy (non-hydrogen) atoms. The van der Waals surface area contributed by atoms with Gasteiger partial charge in [-0.05, 0) is 68.3 Å². The second-order valence-corrected chi connectivity index (χ2v) is 10.2. The molecule has 5 nitrogen and oxygen atoms in total. The zero-order chi connectivity index (χ0) is 21.9. The van der Waals surface area contributed by atoms with E-state index in [9.17, 15) is 4.79 Å². The highest BCUT2D eigenvalue weighted by atomic mass is 32.1. The maximum atomic E-state index is 12.5. The van der Waals surface area contributed by atoms with Crippen molar-refractivity contribution in [2.45, 2.75) is 51.6 Å². The van der Waals surface area contributed by atoms with Gasteiger partial charge in [-0.1, -0.05) is 18.1 Å². The lowest BCUT2D eigenvalue weighted by atomic mass is 9.90. The number of nitrogens with one attached hydrogen (secondary N) is 1. The zero-order valence-electron chi connectivity index (χ0n) is 19.0. The third-order valence-corrected chi connectivity index (χ3v) is 7.87. The predicted octanol–water partition coefficient (Wildman–Crippen LogP) is 4.62. The van der Waals surface area contributed by atoms with Crippen LogP contribution in [0.5, 0.6) is 5.75 Å². The quantitative estimate of drug-likeness (QED) is 0.737. The van der Waals surface area contributed by atoms with Gasteiger partial charge >= 0.3 is 0 Å². The number of carbonyl (C=O) groups excluding carboxylic acids is 1. The molecule has 0 atom stereocenters. The minimum atomic E-state index is 0.118. The van der Waals surface area contributed by atoms with E-state index in [2.05, 4.69) is 52.0 Å². The number of amides is 1. The van der Waals surface area contributed by atoms with Crippen LogP contribution in [0.1, 0.15) is 60.1 Å². The van der Waals surface area contributed by atoms with E-state index < -0.39 is 0 Å². The van der Waals surface area contributed by atoms with E-state index in [4.69, 9.17) is 4.74 Å². The first kappa shape index (κ1) is 21.7. The molecule has 1 amide bonds. The van der Waals surface area contributed by atoms with Crippen molar-refractivity contribution in [2.75, 3.05) is 33.2 Å². The number of carbonyl (C=O) groups is 1. The Labute approximate surface area is 195 Å². The Bertz CT molecular complexity index is 996. The number of fused-ring (bicyclic) bond motifs is 2. The molecule has 0 spiro atoms. The smallest absolute Gasteiger partial charge is 0.234 e. The molecule has 2 aromatic rings. The molecule has 6 heteroatoms. The molecule has 3 aliphatic heterocycles. The van der Waals surface area contributed by atoms with Crippen LogP contribution in [0.4, 0.5) is 0 Å². The summed E-state index contributed by atoms with van der Waals surface area (Å²) in [5, 5.41) is 4.26. The van der Waals surface area contributed by atoms with Crippen molar-refractivity contribution in [1.82, 2.24) is 15.3 Å². The number of hydrogen-bond donors (Lipinski definition) is 1. The first-order valence-corrected chi connectivity index (χ1v) is 12.8. The van der Waals surface area contributed by atoms with Crippen LogP contribution in [0.2, 0.25) is 0 Å². The Morgan fingerprint density at radius 2 is 1.91 bits per heavy atom. The summed E-state index contributed by atoms with van der Waals surface area (Å²) in [5.41, 5.74) is 9.71. The van der Waals surface area contributed by atoms with E-state index in [0.29, 0.717) is 13.0 Å². The van der Waals surface area contributed by atoms with Gasteiger partial charge in [-0.2, -0.15) is 0 Å². The van der Waals surface area contributed by atoms with Crippen LogP contribution in [0.15, 0.2) is 35.2 Å². The van der Waals surface area contributed by atoms with Crippen molar-refractivity contribution in [3.8, 4) is 5.75 Å². The largest absolute Gasteiger partial charge is 0.488 e. The van der Waals surface area contributed by atoms with Gasteiger partial charge in [0.25, 0.3) is 0 Å². The summed E-state index contributed by atoms with van der Waals surface area (Å²) < 4.78 is 6.23. The minimum Gasteiger partial charge on any atom is -0.488 e. The first-order chi connectivity index (χ1) is 15.7. The normalized spacial score (nSPS) is 19.7. The summed E-state index contributed by atoms with van der Waals surface area (Å²) in [4.78, 5) is 16.3. The molecule has 0 unspecified atom stereocenters. The topological polar surface area (TPSA) is 44.8 Å². The molecule has 2 saturated heterocycles. The van der Waals surface area contributed by atoms with Gasteiger partial charge in [0.05, 0.1) is 0 Å². The van der Waals surface area contributed by atoms with Gasteiger partial charge in [-0.3, -0.25) is 10.2 Å². The molecular formula is C26H33N3O2S. The Morgan fingerprint density at radius 1 is 1.09 bits per heavy atom. The number of ether oxygens (including phenoxy) is 1. The van der Waals surface area contributed by atoms with Gasteiger partial charge in [0.15, 0.2) is 0 Å². The third kappa shape index (κ3) is 4.77. The van der Waals surface area contributed by atoms with Gasteiger partial charge < -0.3 is 9.64 Å². The maximum Gasteiger partial charge on any atom is 0.234 e. The van der Waals surface area contributed by atoms with E-state index in [1.807, 2.05) is 11.3 Å². The van der Waals surface area contributed by atoms with E-state index in [0.717, 1.165) is 51.2 Å². The number of hydrazine groups is 1. The maximum absolute atomic E-state index is 12.5. The van der Waals surface area contributed by atoms with E-state index in [1.165, 1.54) is 46.4 Å². The summed E-state index contributed by atoms with van der Waals surface area (Å²) in [5.74, 6) is 1.09. The van der Waals surface area contributed by atoms with Gasteiger partial charge in [-0.25, -0.2) is 5.01 Å². The number of thiophene rings is 1. The van der Waals surface area contributed by atoms with Gasteiger partial charge in [0.2, 0.25) is 5.91 Å². The van der Waals surface area contributed by atoms with Crippen LogP contribution < -0.4 is 10.2 Å². The van der Waals surface area contributed by atoms with Crippen molar-refractivity contribution in [1.29, 1.82) is 0 Å². The predicted molar refractivity (Wildman–Crippen MR) is 130 cm³/mol. The van der Waals surface area contributed by atoms with Crippen molar-refractivity contribution in [3.63, 3.8) is 0 Å². The highest BCUT2D eigenvalue weighted by molar-refractivity contribution is 7.11. The van der Waals surface area contributed by atoms with Crippen LogP contribution in [-0.4, -0.2) is 49.0 Å².